The first-order valence-corrected chi connectivity index (χ1v) is 12.0. The fraction of sp³-hybridized carbons (Fsp3) is 0.375. The number of ether oxygens (including phenoxy) is 3. The number of carbonyl (C=O) groups excluding carboxylic acids is 1. The quantitative estimate of drug-likeness (QED) is 0.422. The van der Waals surface area contributed by atoms with Crippen LogP contribution in [0.5, 0.6) is 0 Å². The van der Waals surface area contributed by atoms with Crippen molar-refractivity contribution in [3.8, 4) is 0 Å². The highest BCUT2D eigenvalue weighted by Gasteiger charge is 2.44. The van der Waals surface area contributed by atoms with E-state index in [2.05, 4.69) is 0 Å². The van der Waals surface area contributed by atoms with Crippen molar-refractivity contribution < 1.29 is 27.4 Å². The standard InChI is InChI=1S/C24H29NO6S/c1-4-30-24-15-14-23(31-19(3)26)22(17-29-16-20-8-6-5-7-9-20)25(24)32(27,28)21-12-10-18(2)11-13-21/h5-15,22-24H,4,16-17H2,1-3H3/t22-,23-,24+/m1/s1. The van der Waals surface area contributed by atoms with Gasteiger partial charge in [0.05, 0.1) is 24.2 Å². The Bertz CT molecular complexity index is 1020. The van der Waals surface area contributed by atoms with Crippen LogP contribution in [0.1, 0.15) is 25.0 Å². The Morgan fingerprint density at radius 2 is 1.72 bits per heavy atom. The molecule has 0 aromatic heterocycles. The van der Waals surface area contributed by atoms with Gasteiger partial charge in [0, 0.05) is 13.5 Å². The number of carbonyl (C=O) groups is 1. The van der Waals surface area contributed by atoms with E-state index in [4.69, 9.17) is 14.2 Å². The minimum Gasteiger partial charge on any atom is -0.456 e. The lowest BCUT2D eigenvalue weighted by molar-refractivity contribution is -0.150. The summed E-state index contributed by atoms with van der Waals surface area (Å²) in [6.07, 6.45) is 1.62. The molecular formula is C24H29NO6S. The molecule has 1 heterocycles. The smallest absolute Gasteiger partial charge is 0.303 e. The fourth-order valence-electron chi connectivity index (χ4n) is 3.55. The van der Waals surface area contributed by atoms with Crippen LogP contribution in [0.2, 0.25) is 0 Å². The number of hydrogen-bond donors (Lipinski definition) is 0. The lowest BCUT2D eigenvalue weighted by Crippen LogP contribution is -2.57. The maximum atomic E-state index is 13.7. The summed E-state index contributed by atoms with van der Waals surface area (Å²) in [7, 11) is -3.98. The Morgan fingerprint density at radius 3 is 2.34 bits per heavy atom. The summed E-state index contributed by atoms with van der Waals surface area (Å²) in [6.45, 7) is 5.61. The third-order valence-corrected chi connectivity index (χ3v) is 6.96. The summed E-state index contributed by atoms with van der Waals surface area (Å²) >= 11 is 0. The number of nitrogens with zero attached hydrogens (tertiary/aromatic N) is 1. The number of rotatable bonds is 9. The topological polar surface area (TPSA) is 82.1 Å². The van der Waals surface area contributed by atoms with Gasteiger partial charge in [-0.05, 0) is 43.7 Å². The fourth-order valence-corrected chi connectivity index (χ4v) is 5.21. The highest BCUT2D eigenvalue weighted by Crippen LogP contribution is 2.29. The van der Waals surface area contributed by atoms with E-state index in [0.717, 1.165) is 11.1 Å². The molecule has 2 aromatic carbocycles. The average molecular weight is 460 g/mol. The van der Waals surface area contributed by atoms with Crippen molar-refractivity contribution in [1.82, 2.24) is 4.31 Å². The molecule has 0 bridgehead atoms. The van der Waals surface area contributed by atoms with Crippen molar-refractivity contribution in [3.05, 3.63) is 77.9 Å². The summed E-state index contributed by atoms with van der Waals surface area (Å²) in [5, 5.41) is 0. The molecule has 0 saturated carbocycles. The highest BCUT2D eigenvalue weighted by molar-refractivity contribution is 7.89. The molecule has 32 heavy (non-hydrogen) atoms. The first-order valence-electron chi connectivity index (χ1n) is 10.5. The predicted molar refractivity (Wildman–Crippen MR) is 120 cm³/mol. The summed E-state index contributed by atoms with van der Waals surface area (Å²) in [6, 6.07) is 15.4. The molecule has 172 valence electrons. The second-order valence-electron chi connectivity index (χ2n) is 7.52. The number of hydrogen-bond acceptors (Lipinski definition) is 6. The molecule has 3 atom stereocenters. The number of esters is 1. The second-order valence-corrected chi connectivity index (χ2v) is 9.36. The molecule has 0 saturated heterocycles. The average Bonchev–Trinajstić information content (AvgIpc) is 2.76. The molecule has 0 N–H and O–H groups in total. The molecule has 0 fully saturated rings. The van der Waals surface area contributed by atoms with Crippen LogP contribution in [0.3, 0.4) is 0 Å². The summed E-state index contributed by atoms with van der Waals surface area (Å²) in [5.74, 6) is -0.504. The predicted octanol–water partition coefficient (Wildman–Crippen LogP) is 3.44. The molecule has 0 radical (unpaired) electrons. The van der Waals surface area contributed by atoms with Crippen LogP contribution in [-0.4, -0.2) is 50.3 Å². The Hall–Kier alpha value is -2.52. The molecule has 1 aliphatic heterocycles. The lowest BCUT2D eigenvalue weighted by atomic mass is 10.1. The zero-order chi connectivity index (χ0) is 23.1. The van der Waals surface area contributed by atoms with Crippen molar-refractivity contribution in [2.75, 3.05) is 13.2 Å². The third kappa shape index (κ3) is 5.83. The van der Waals surface area contributed by atoms with Crippen LogP contribution in [-0.2, 0) is 35.6 Å². The Kier molecular flexibility index (Phi) is 8.20. The second kappa shape index (κ2) is 10.9. The molecule has 8 heteroatoms. The van der Waals surface area contributed by atoms with Crippen LogP contribution < -0.4 is 0 Å². The monoisotopic (exact) mass is 459 g/mol. The van der Waals surface area contributed by atoms with E-state index in [1.54, 1.807) is 43.3 Å². The molecule has 3 rings (SSSR count). The van der Waals surface area contributed by atoms with Gasteiger partial charge in [0.15, 0.2) is 0 Å². The van der Waals surface area contributed by atoms with E-state index in [-0.39, 0.29) is 11.5 Å². The largest absolute Gasteiger partial charge is 0.456 e. The first kappa shape index (κ1) is 24.1. The first-order chi connectivity index (χ1) is 15.3. The van der Waals surface area contributed by atoms with Crippen molar-refractivity contribution in [3.63, 3.8) is 0 Å². The van der Waals surface area contributed by atoms with E-state index in [9.17, 15) is 13.2 Å². The zero-order valence-corrected chi connectivity index (χ0v) is 19.3. The van der Waals surface area contributed by atoms with Crippen LogP contribution in [0.25, 0.3) is 0 Å². The molecule has 0 amide bonds. The van der Waals surface area contributed by atoms with Crippen LogP contribution >= 0.6 is 0 Å². The van der Waals surface area contributed by atoms with Gasteiger partial charge in [-0.15, -0.1) is 0 Å². The Balaban J connectivity index is 1.94. The SMILES string of the molecule is CCO[C@H]1C=C[C@@H](OC(C)=O)[C@@H](COCc2ccccc2)N1S(=O)(=O)c1ccc(C)cc1. The van der Waals surface area contributed by atoms with Gasteiger partial charge in [0.2, 0.25) is 10.0 Å². The molecule has 2 aromatic rings. The van der Waals surface area contributed by atoms with Crippen LogP contribution in [0, 0.1) is 6.92 Å². The van der Waals surface area contributed by atoms with Crippen molar-refractivity contribution in [2.24, 2.45) is 0 Å². The minimum atomic E-state index is -3.98. The van der Waals surface area contributed by atoms with E-state index in [0.29, 0.717) is 13.2 Å². The summed E-state index contributed by atoms with van der Waals surface area (Å²) in [4.78, 5) is 11.9. The van der Waals surface area contributed by atoms with Crippen LogP contribution in [0.4, 0.5) is 0 Å². The summed E-state index contributed by atoms with van der Waals surface area (Å²) in [5.41, 5.74) is 1.90. The van der Waals surface area contributed by atoms with Gasteiger partial charge in [0.25, 0.3) is 0 Å². The maximum absolute atomic E-state index is 13.7. The van der Waals surface area contributed by atoms with Gasteiger partial charge >= 0.3 is 5.97 Å². The minimum absolute atomic E-state index is 0.0197. The number of sulfonamides is 1. The molecule has 0 spiro atoms. The third-order valence-electron chi connectivity index (χ3n) is 5.06. The molecule has 0 aliphatic carbocycles. The van der Waals surface area contributed by atoms with Gasteiger partial charge < -0.3 is 14.2 Å². The van der Waals surface area contributed by atoms with Gasteiger partial charge in [-0.3, -0.25) is 4.79 Å². The van der Waals surface area contributed by atoms with E-state index in [1.165, 1.54) is 11.2 Å². The Morgan fingerprint density at radius 1 is 1.03 bits per heavy atom. The highest BCUT2D eigenvalue weighted by atomic mass is 32.2. The van der Waals surface area contributed by atoms with Gasteiger partial charge in [0.1, 0.15) is 12.3 Å². The molecule has 1 aliphatic rings. The van der Waals surface area contributed by atoms with Gasteiger partial charge in [-0.1, -0.05) is 48.0 Å². The lowest BCUT2D eigenvalue weighted by Gasteiger charge is -2.40. The maximum Gasteiger partial charge on any atom is 0.303 e. The van der Waals surface area contributed by atoms with Gasteiger partial charge in [-0.25, -0.2) is 8.42 Å². The molecular weight excluding hydrogens is 430 g/mol. The normalized spacial score (nSPS) is 21.4. The van der Waals surface area contributed by atoms with E-state index in [1.807, 2.05) is 37.3 Å². The van der Waals surface area contributed by atoms with Crippen molar-refractivity contribution in [2.45, 2.75) is 50.6 Å². The molecule has 7 nitrogen and oxygen atoms in total. The number of aryl methyl sites for hydroxylation is 1. The van der Waals surface area contributed by atoms with Crippen LogP contribution in [0.15, 0.2) is 71.6 Å². The van der Waals surface area contributed by atoms with Gasteiger partial charge in [-0.2, -0.15) is 4.31 Å². The summed E-state index contributed by atoms with van der Waals surface area (Å²) < 4.78 is 45.7. The molecule has 0 unspecified atom stereocenters. The van der Waals surface area contributed by atoms with Crippen molar-refractivity contribution >= 4 is 16.0 Å². The van der Waals surface area contributed by atoms with E-state index < -0.39 is 34.4 Å². The van der Waals surface area contributed by atoms with Crippen molar-refractivity contribution in [1.29, 1.82) is 0 Å². The number of benzene rings is 2. The van der Waals surface area contributed by atoms with E-state index >= 15 is 0 Å². The zero-order valence-electron chi connectivity index (χ0n) is 18.5. The Labute approximate surface area is 189 Å².